The molecule has 0 rings (SSSR count). The van der Waals surface area contributed by atoms with Crippen LogP contribution >= 0.6 is 0 Å². The van der Waals surface area contributed by atoms with E-state index in [1.165, 1.54) is 0 Å². The zero-order chi connectivity index (χ0) is 3.58. The summed E-state index contributed by atoms with van der Waals surface area (Å²) in [5.74, 6) is 0. The van der Waals surface area contributed by atoms with Gasteiger partial charge >= 0.3 is 6.16 Å². The molecule has 0 aromatic heterocycles. The molecular formula is CH12NiO8. The fourth-order valence-corrected chi connectivity index (χ4v) is 0. The van der Waals surface area contributed by atoms with E-state index in [0.717, 1.165) is 0 Å². The molecule has 0 aromatic carbocycles. The van der Waals surface area contributed by atoms with Crippen LogP contribution in [0.3, 0.4) is 0 Å². The number of hydrogen-bond donors (Lipinski definition) is 2. The molecule has 9 heteroatoms. The van der Waals surface area contributed by atoms with E-state index in [0.29, 0.717) is 0 Å². The predicted octanol–water partition coefficient (Wildman–Crippen LogP) is -3.90. The van der Waals surface area contributed by atoms with Crippen LogP contribution in [0, 0.1) is 0 Å². The van der Waals surface area contributed by atoms with E-state index in [9.17, 15) is 0 Å². The molecule has 0 bridgehead atoms. The van der Waals surface area contributed by atoms with Gasteiger partial charge in [0.15, 0.2) is 0 Å². The maximum Gasteiger partial charge on any atom is 0.503 e. The minimum Gasteiger partial charge on any atom is -0.450 e. The third-order valence-electron chi connectivity index (χ3n) is 0. The largest absolute Gasteiger partial charge is 0.503 e. The monoisotopic (exact) mass is 210 g/mol. The van der Waals surface area contributed by atoms with E-state index >= 15 is 0 Å². The van der Waals surface area contributed by atoms with Crippen molar-refractivity contribution in [2.75, 3.05) is 0 Å². The van der Waals surface area contributed by atoms with Crippen LogP contribution in [0.4, 0.5) is 4.79 Å². The Hall–Kier alpha value is -0.436. The third-order valence-corrected chi connectivity index (χ3v) is 0. The Morgan fingerprint density at radius 1 is 0.800 bits per heavy atom. The Morgan fingerprint density at radius 2 is 0.800 bits per heavy atom. The molecule has 0 aliphatic carbocycles. The molecule has 0 saturated heterocycles. The second-order valence-electron chi connectivity index (χ2n) is 0.283. The van der Waals surface area contributed by atoms with Crippen LogP contribution in [-0.2, 0) is 16.5 Å². The molecule has 0 aliphatic rings. The van der Waals surface area contributed by atoms with Crippen LogP contribution < -0.4 is 0 Å². The molecule has 0 unspecified atom stereocenters. The summed E-state index contributed by atoms with van der Waals surface area (Å²) in [5, 5.41) is 13.9. The first-order valence-corrected chi connectivity index (χ1v) is 0.651. The van der Waals surface area contributed by atoms with Gasteiger partial charge in [0, 0.05) is 16.5 Å². The van der Waals surface area contributed by atoms with Crippen molar-refractivity contribution >= 4 is 6.16 Å². The van der Waals surface area contributed by atoms with Crippen molar-refractivity contribution in [1.82, 2.24) is 0 Å². The molecule has 74 valence electrons. The molecule has 10 heavy (non-hydrogen) atoms. The molecule has 0 heterocycles. The topological polar surface area (TPSA) is 215 Å². The minimum atomic E-state index is -1.83. The standard InChI is InChI=1S/CH2O3.Ni.5H2O/c2-1(3)4;;;;;;/h(H2,2,3,4);;5*1H2. The van der Waals surface area contributed by atoms with Crippen LogP contribution in [0.25, 0.3) is 0 Å². The summed E-state index contributed by atoms with van der Waals surface area (Å²) < 4.78 is 0. The van der Waals surface area contributed by atoms with E-state index in [1.807, 2.05) is 0 Å². The maximum atomic E-state index is 8.56. The molecule has 0 amide bonds. The van der Waals surface area contributed by atoms with Gasteiger partial charge in [0.2, 0.25) is 0 Å². The summed E-state index contributed by atoms with van der Waals surface area (Å²) in [6.45, 7) is 0. The molecule has 8 nitrogen and oxygen atoms in total. The zero-order valence-corrected chi connectivity index (χ0v) is 5.61. The van der Waals surface area contributed by atoms with Crippen LogP contribution in [0.15, 0.2) is 0 Å². The van der Waals surface area contributed by atoms with Crippen molar-refractivity contribution in [3.8, 4) is 0 Å². The molecular weight excluding hydrogens is 199 g/mol. The fraction of sp³-hybridized carbons (Fsp3) is 0. The van der Waals surface area contributed by atoms with Crippen molar-refractivity contribution in [1.29, 1.82) is 0 Å². The molecule has 0 fully saturated rings. The Kier molecular flexibility index (Phi) is 796. The van der Waals surface area contributed by atoms with Gasteiger partial charge in [-0.2, -0.15) is 0 Å². The van der Waals surface area contributed by atoms with Gasteiger partial charge in [-0.25, -0.2) is 4.79 Å². The first-order valence-electron chi connectivity index (χ1n) is 0.651. The van der Waals surface area contributed by atoms with Gasteiger partial charge in [-0.1, -0.05) is 0 Å². The second kappa shape index (κ2) is 74.5. The Labute approximate surface area is 65.9 Å². The van der Waals surface area contributed by atoms with Crippen molar-refractivity contribution in [3.05, 3.63) is 0 Å². The molecule has 0 aliphatic heterocycles. The maximum absolute atomic E-state index is 8.56. The first-order chi connectivity index (χ1) is 1.73. The summed E-state index contributed by atoms with van der Waals surface area (Å²) in [7, 11) is 0. The molecule has 0 aromatic rings. The number of carbonyl (C=O) groups is 1. The predicted molar refractivity (Wildman–Crippen MR) is 28.7 cm³/mol. The summed E-state index contributed by atoms with van der Waals surface area (Å²) in [6.07, 6.45) is -1.83. The Morgan fingerprint density at radius 3 is 0.800 bits per heavy atom. The Balaban J connectivity index is -0.00000000300. The van der Waals surface area contributed by atoms with Gasteiger partial charge in [0.05, 0.1) is 0 Å². The van der Waals surface area contributed by atoms with Crippen molar-refractivity contribution in [2.24, 2.45) is 0 Å². The van der Waals surface area contributed by atoms with Crippen LogP contribution in [0.5, 0.6) is 0 Å². The average molecular weight is 211 g/mol. The fourth-order valence-electron chi connectivity index (χ4n) is 0. The van der Waals surface area contributed by atoms with E-state index in [-0.39, 0.29) is 43.9 Å². The van der Waals surface area contributed by atoms with Crippen LogP contribution in [0.1, 0.15) is 0 Å². The number of rotatable bonds is 0. The number of hydrogen-bond acceptors (Lipinski definition) is 1. The normalized spacial score (nSPS) is 2.40. The summed E-state index contributed by atoms with van der Waals surface area (Å²) in [6, 6.07) is 0. The van der Waals surface area contributed by atoms with E-state index in [1.54, 1.807) is 0 Å². The Bertz CT molecular complexity index is 32.2. The van der Waals surface area contributed by atoms with Crippen molar-refractivity contribution in [3.63, 3.8) is 0 Å². The van der Waals surface area contributed by atoms with Crippen LogP contribution in [-0.4, -0.2) is 43.7 Å². The van der Waals surface area contributed by atoms with Crippen molar-refractivity contribution in [2.45, 2.75) is 0 Å². The third kappa shape index (κ3) is 1710. The molecule has 0 saturated carbocycles. The molecule has 0 spiro atoms. The zero-order valence-electron chi connectivity index (χ0n) is 4.62. The van der Waals surface area contributed by atoms with Gasteiger partial charge in [-0.15, -0.1) is 0 Å². The van der Waals surface area contributed by atoms with Gasteiger partial charge in [-0.3, -0.25) is 0 Å². The second-order valence-corrected chi connectivity index (χ2v) is 0.283. The van der Waals surface area contributed by atoms with E-state index in [4.69, 9.17) is 15.0 Å². The SMILES string of the molecule is O.O.O.O.O.O=C(O)O.[Ni]. The summed E-state index contributed by atoms with van der Waals surface area (Å²) >= 11 is 0. The summed E-state index contributed by atoms with van der Waals surface area (Å²) in [4.78, 5) is 8.56. The quantitative estimate of drug-likeness (QED) is 0.384. The number of carboxylic acid groups (broad SMARTS) is 2. The smallest absolute Gasteiger partial charge is 0.450 e. The van der Waals surface area contributed by atoms with Gasteiger partial charge in [0.25, 0.3) is 0 Å². The van der Waals surface area contributed by atoms with E-state index < -0.39 is 6.16 Å². The minimum absolute atomic E-state index is 0. The molecule has 12 N–H and O–H groups in total. The van der Waals surface area contributed by atoms with Crippen molar-refractivity contribution < 1.29 is 58.9 Å². The molecule has 0 radical (unpaired) electrons. The average Bonchev–Trinajstić information content (AvgIpc) is 0.811. The molecule has 0 atom stereocenters. The van der Waals surface area contributed by atoms with E-state index in [2.05, 4.69) is 0 Å². The van der Waals surface area contributed by atoms with Crippen LogP contribution in [0.2, 0.25) is 0 Å². The van der Waals surface area contributed by atoms with Gasteiger partial charge in [0.1, 0.15) is 0 Å². The first kappa shape index (κ1) is 107. The summed E-state index contributed by atoms with van der Waals surface area (Å²) in [5.41, 5.74) is 0. The van der Waals surface area contributed by atoms with Gasteiger partial charge < -0.3 is 37.6 Å². The van der Waals surface area contributed by atoms with Gasteiger partial charge in [-0.05, 0) is 0 Å².